The van der Waals surface area contributed by atoms with Gasteiger partial charge in [0.2, 0.25) is 0 Å². The molecule has 0 spiro atoms. The summed E-state index contributed by atoms with van der Waals surface area (Å²) in [6.07, 6.45) is 9.30. The van der Waals surface area contributed by atoms with Crippen molar-refractivity contribution in [3.63, 3.8) is 0 Å². The molecule has 0 aliphatic heterocycles. The SMILES string of the molecule is C/C=C/CCC(O)CCCC. The smallest absolute Gasteiger partial charge is 0.0543 e. The maximum Gasteiger partial charge on any atom is 0.0543 e. The Bertz CT molecular complexity index is 97.0. The molecule has 0 aromatic carbocycles. The molecule has 1 nitrogen and oxygen atoms in total. The predicted octanol–water partition coefficient (Wildman–Crippen LogP) is 2.89. The van der Waals surface area contributed by atoms with Crippen LogP contribution in [0.25, 0.3) is 0 Å². The molecule has 0 aliphatic rings. The van der Waals surface area contributed by atoms with E-state index in [1.807, 2.05) is 13.0 Å². The lowest BCUT2D eigenvalue weighted by molar-refractivity contribution is 0.153. The summed E-state index contributed by atoms with van der Waals surface area (Å²) in [7, 11) is 0. The van der Waals surface area contributed by atoms with Crippen molar-refractivity contribution in [3.05, 3.63) is 12.2 Å². The van der Waals surface area contributed by atoms with Gasteiger partial charge in [0.05, 0.1) is 6.10 Å². The largest absolute Gasteiger partial charge is 0.393 e. The highest BCUT2D eigenvalue weighted by atomic mass is 16.3. The van der Waals surface area contributed by atoms with E-state index < -0.39 is 0 Å². The van der Waals surface area contributed by atoms with Crippen LogP contribution in [0.15, 0.2) is 12.2 Å². The first-order valence-corrected chi connectivity index (χ1v) is 4.60. The molecule has 66 valence electrons. The van der Waals surface area contributed by atoms with E-state index >= 15 is 0 Å². The van der Waals surface area contributed by atoms with Gasteiger partial charge in [-0.15, -0.1) is 0 Å². The molecule has 0 radical (unpaired) electrons. The zero-order valence-electron chi connectivity index (χ0n) is 7.71. The van der Waals surface area contributed by atoms with E-state index in [9.17, 15) is 5.11 Å². The summed E-state index contributed by atoms with van der Waals surface area (Å²) in [6, 6.07) is 0. The maximum absolute atomic E-state index is 9.37. The van der Waals surface area contributed by atoms with Gasteiger partial charge < -0.3 is 5.11 Å². The molecule has 11 heavy (non-hydrogen) atoms. The van der Waals surface area contributed by atoms with Crippen LogP contribution >= 0.6 is 0 Å². The summed E-state index contributed by atoms with van der Waals surface area (Å²) in [5, 5.41) is 9.37. The Kier molecular flexibility index (Phi) is 7.59. The van der Waals surface area contributed by atoms with Gasteiger partial charge in [-0.25, -0.2) is 0 Å². The highest BCUT2D eigenvalue weighted by molar-refractivity contribution is 4.77. The quantitative estimate of drug-likeness (QED) is 0.586. The van der Waals surface area contributed by atoms with Crippen molar-refractivity contribution in [1.82, 2.24) is 0 Å². The Morgan fingerprint density at radius 2 is 2.09 bits per heavy atom. The second kappa shape index (κ2) is 7.80. The van der Waals surface area contributed by atoms with Crippen molar-refractivity contribution in [3.8, 4) is 0 Å². The Morgan fingerprint density at radius 3 is 2.64 bits per heavy atom. The van der Waals surface area contributed by atoms with E-state index in [1.54, 1.807) is 0 Å². The fourth-order valence-corrected chi connectivity index (χ4v) is 1.04. The Hall–Kier alpha value is -0.300. The van der Waals surface area contributed by atoms with Crippen LogP contribution in [0.1, 0.15) is 46.0 Å². The van der Waals surface area contributed by atoms with Crippen molar-refractivity contribution in [2.75, 3.05) is 0 Å². The van der Waals surface area contributed by atoms with Gasteiger partial charge >= 0.3 is 0 Å². The molecule has 0 saturated heterocycles. The van der Waals surface area contributed by atoms with Crippen LogP contribution in [-0.2, 0) is 0 Å². The number of allylic oxidation sites excluding steroid dienone is 2. The van der Waals surface area contributed by atoms with Gasteiger partial charge in [-0.1, -0.05) is 31.9 Å². The standard InChI is InChI=1S/C10H20O/c1-3-5-7-9-10(11)8-6-4-2/h3,5,10-11H,4,6-9H2,1-2H3/b5-3+. The Labute approximate surface area is 70.1 Å². The summed E-state index contributed by atoms with van der Waals surface area (Å²) < 4.78 is 0. The molecule has 0 aliphatic carbocycles. The fourth-order valence-electron chi connectivity index (χ4n) is 1.04. The average molecular weight is 156 g/mol. The fraction of sp³-hybridized carbons (Fsp3) is 0.800. The second-order valence-electron chi connectivity index (χ2n) is 2.94. The zero-order valence-corrected chi connectivity index (χ0v) is 7.71. The molecule has 0 heterocycles. The van der Waals surface area contributed by atoms with Crippen LogP contribution in [0, 0.1) is 0 Å². The number of hydrogen-bond acceptors (Lipinski definition) is 1. The van der Waals surface area contributed by atoms with E-state index in [-0.39, 0.29) is 6.10 Å². The van der Waals surface area contributed by atoms with E-state index in [0.717, 1.165) is 25.7 Å². The minimum atomic E-state index is -0.0776. The van der Waals surface area contributed by atoms with Crippen LogP contribution in [0.2, 0.25) is 0 Å². The molecule has 0 amide bonds. The lowest BCUT2D eigenvalue weighted by Gasteiger charge is -2.06. The minimum absolute atomic E-state index is 0.0776. The van der Waals surface area contributed by atoms with Crippen LogP contribution in [0.5, 0.6) is 0 Å². The van der Waals surface area contributed by atoms with E-state index in [0.29, 0.717) is 0 Å². The van der Waals surface area contributed by atoms with E-state index in [2.05, 4.69) is 13.0 Å². The average Bonchev–Trinajstić information content (AvgIpc) is 2.01. The summed E-state index contributed by atoms with van der Waals surface area (Å²) in [5.74, 6) is 0. The maximum atomic E-state index is 9.37. The molecule has 1 heteroatoms. The highest BCUT2D eigenvalue weighted by Crippen LogP contribution is 2.06. The number of hydrogen-bond donors (Lipinski definition) is 1. The first-order valence-electron chi connectivity index (χ1n) is 4.60. The van der Waals surface area contributed by atoms with Crippen molar-refractivity contribution >= 4 is 0 Å². The minimum Gasteiger partial charge on any atom is -0.393 e. The molecule has 0 bridgehead atoms. The van der Waals surface area contributed by atoms with Crippen molar-refractivity contribution in [2.24, 2.45) is 0 Å². The monoisotopic (exact) mass is 156 g/mol. The molecule has 1 atom stereocenters. The van der Waals surface area contributed by atoms with E-state index in [1.165, 1.54) is 6.42 Å². The van der Waals surface area contributed by atoms with Crippen molar-refractivity contribution < 1.29 is 5.11 Å². The Balaban J connectivity index is 3.15. The molecule has 1 unspecified atom stereocenters. The molecule has 0 aromatic heterocycles. The van der Waals surface area contributed by atoms with Gasteiger partial charge in [-0.05, 0) is 26.2 Å². The van der Waals surface area contributed by atoms with Crippen LogP contribution in [0.3, 0.4) is 0 Å². The van der Waals surface area contributed by atoms with E-state index in [4.69, 9.17) is 0 Å². The lowest BCUT2D eigenvalue weighted by Crippen LogP contribution is -2.04. The molecule has 0 aromatic rings. The van der Waals surface area contributed by atoms with Crippen LogP contribution in [0.4, 0.5) is 0 Å². The molecular formula is C10H20O. The number of unbranched alkanes of at least 4 members (excludes halogenated alkanes) is 1. The van der Waals surface area contributed by atoms with Crippen molar-refractivity contribution in [2.45, 2.75) is 52.1 Å². The van der Waals surface area contributed by atoms with Gasteiger partial charge in [0, 0.05) is 0 Å². The first-order chi connectivity index (χ1) is 5.31. The molecule has 0 rings (SSSR count). The summed E-state index contributed by atoms with van der Waals surface area (Å²) in [4.78, 5) is 0. The van der Waals surface area contributed by atoms with Gasteiger partial charge in [-0.2, -0.15) is 0 Å². The second-order valence-corrected chi connectivity index (χ2v) is 2.94. The summed E-state index contributed by atoms with van der Waals surface area (Å²) in [5.41, 5.74) is 0. The zero-order chi connectivity index (χ0) is 8.53. The van der Waals surface area contributed by atoms with Crippen LogP contribution in [-0.4, -0.2) is 11.2 Å². The number of rotatable bonds is 6. The third-order valence-electron chi connectivity index (χ3n) is 1.79. The van der Waals surface area contributed by atoms with Crippen LogP contribution < -0.4 is 0 Å². The number of aliphatic hydroxyl groups is 1. The lowest BCUT2D eigenvalue weighted by atomic mass is 10.1. The van der Waals surface area contributed by atoms with Gasteiger partial charge in [0.25, 0.3) is 0 Å². The van der Waals surface area contributed by atoms with Gasteiger partial charge in [0.1, 0.15) is 0 Å². The Morgan fingerprint density at radius 1 is 1.36 bits per heavy atom. The summed E-state index contributed by atoms with van der Waals surface area (Å²) >= 11 is 0. The third kappa shape index (κ3) is 7.60. The van der Waals surface area contributed by atoms with Crippen molar-refractivity contribution in [1.29, 1.82) is 0 Å². The van der Waals surface area contributed by atoms with Gasteiger partial charge in [-0.3, -0.25) is 0 Å². The summed E-state index contributed by atoms with van der Waals surface area (Å²) in [6.45, 7) is 4.16. The molecule has 1 N–H and O–H groups in total. The molecule has 0 saturated carbocycles. The molecule has 0 fully saturated rings. The van der Waals surface area contributed by atoms with Gasteiger partial charge in [0.15, 0.2) is 0 Å². The predicted molar refractivity (Wildman–Crippen MR) is 49.6 cm³/mol. The third-order valence-corrected chi connectivity index (χ3v) is 1.79. The number of aliphatic hydroxyl groups excluding tert-OH is 1. The highest BCUT2D eigenvalue weighted by Gasteiger charge is 2.00. The topological polar surface area (TPSA) is 20.2 Å². The normalized spacial score (nSPS) is 14.1. The molecular weight excluding hydrogens is 136 g/mol. The first kappa shape index (κ1) is 10.7.